The monoisotopic (exact) mass is 322 g/mol. The summed E-state index contributed by atoms with van der Waals surface area (Å²) >= 11 is 6.18. The molecule has 0 bridgehead atoms. The highest BCUT2D eigenvalue weighted by molar-refractivity contribution is 6.33. The molecular weight excluding hydrogens is 304 g/mol. The van der Waals surface area contributed by atoms with E-state index in [2.05, 4.69) is 10.5 Å². The molecule has 0 aliphatic carbocycles. The minimum Gasteiger partial charge on any atom is -0.396 e. The Morgan fingerprint density at radius 2 is 2.18 bits per heavy atom. The van der Waals surface area contributed by atoms with Crippen molar-refractivity contribution in [2.75, 3.05) is 6.61 Å². The number of aryl methyl sites for hydroxylation is 1. The van der Waals surface area contributed by atoms with E-state index in [-0.39, 0.29) is 18.6 Å². The molecule has 1 aromatic heterocycles. The second-order valence-corrected chi connectivity index (χ2v) is 5.44. The van der Waals surface area contributed by atoms with Crippen molar-refractivity contribution in [2.24, 2.45) is 0 Å². The normalized spacial score (nSPS) is 12.2. The lowest BCUT2D eigenvalue weighted by Gasteiger charge is -2.15. The summed E-state index contributed by atoms with van der Waals surface area (Å²) in [6.07, 6.45) is 1.24. The van der Waals surface area contributed by atoms with Crippen molar-refractivity contribution < 1.29 is 14.4 Å². The first-order valence-corrected chi connectivity index (χ1v) is 7.59. The van der Waals surface area contributed by atoms with E-state index in [1.165, 1.54) is 0 Å². The van der Waals surface area contributed by atoms with E-state index in [1.807, 2.05) is 19.1 Å². The molecule has 1 amide bonds. The molecule has 2 N–H and O–H groups in total. The van der Waals surface area contributed by atoms with Crippen LogP contribution >= 0.6 is 11.6 Å². The third-order valence-corrected chi connectivity index (χ3v) is 3.85. The summed E-state index contributed by atoms with van der Waals surface area (Å²) in [7, 11) is 0. The molecule has 1 atom stereocenters. The molecule has 0 aliphatic heterocycles. The van der Waals surface area contributed by atoms with E-state index < -0.39 is 0 Å². The summed E-state index contributed by atoms with van der Waals surface area (Å²) in [5.41, 5.74) is 1.46. The summed E-state index contributed by atoms with van der Waals surface area (Å²) in [6, 6.07) is 7.08. The maximum Gasteiger partial charge on any atom is 0.257 e. The van der Waals surface area contributed by atoms with Crippen LogP contribution in [-0.4, -0.2) is 28.8 Å². The second kappa shape index (κ2) is 7.42. The van der Waals surface area contributed by atoms with Gasteiger partial charge in [-0.15, -0.1) is 0 Å². The van der Waals surface area contributed by atoms with E-state index in [1.54, 1.807) is 19.1 Å². The van der Waals surface area contributed by atoms with Gasteiger partial charge in [0, 0.05) is 18.2 Å². The average molecular weight is 323 g/mol. The Balaban J connectivity index is 2.34. The molecule has 6 heteroatoms. The first kappa shape index (κ1) is 16.5. The zero-order chi connectivity index (χ0) is 16.1. The van der Waals surface area contributed by atoms with Crippen LogP contribution in [0.4, 0.5) is 0 Å². The standard InChI is InChI=1S/C16H19ClN2O3/c1-3-11(8-9-20)18-16(21)14-10(2)22-19-15(14)12-6-4-5-7-13(12)17/h4-7,11,20H,3,8-9H2,1-2H3,(H,18,21). The van der Waals surface area contributed by atoms with Gasteiger partial charge in [0.15, 0.2) is 0 Å². The molecule has 2 aromatic rings. The van der Waals surface area contributed by atoms with Crippen LogP contribution in [0.1, 0.15) is 35.9 Å². The van der Waals surface area contributed by atoms with Crippen LogP contribution in [0.3, 0.4) is 0 Å². The van der Waals surface area contributed by atoms with Crippen molar-refractivity contribution in [1.29, 1.82) is 0 Å². The number of nitrogens with one attached hydrogen (secondary N) is 1. The fourth-order valence-corrected chi connectivity index (χ4v) is 2.49. The van der Waals surface area contributed by atoms with Crippen molar-refractivity contribution in [2.45, 2.75) is 32.7 Å². The fourth-order valence-electron chi connectivity index (χ4n) is 2.27. The Labute approximate surface area is 134 Å². The van der Waals surface area contributed by atoms with Crippen LogP contribution in [0.2, 0.25) is 5.02 Å². The van der Waals surface area contributed by atoms with Crippen LogP contribution in [0, 0.1) is 6.92 Å². The number of carbonyl (C=O) groups is 1. The molecule has 1 aromatic carbocycles. The van der Waals surface area contributed by atoms with E-state index >= 15 is 0 Å². The SMILES string of the molecule is CCC(CCO)NC(=O)c1c(-c2ccccc2Cl)noc1C. The molecule has 1 heterocycles. The Bertz CT molecular complexity index is 655. The topological polar surface area (TPSA) is 75.4 Å². The van der Waals surface area contributed by atoms with Crippen LogP contribution in [0.5, 0.6) is 0 Å². The number of rotatable bonds is 6. The van der Waals surface area contributed by atoms with Crippen LogP contribution in [0.25, 0.3) is 11.3 Å². The summed E-state index contributed by atoms with van der Waals surface area (Å²) < 4.78 is 5.18. The highest BCUT2D eigenvalue weighted by Crippen LogP contribution is 2.31. The predicted molar refractivity (Wildman–Crippen MR) is 84.9 cm³/mol. The van der Waals surface area contributed by atoms with Crippen LogP contribution < -0.4 is 5.32 Å². The number of aliphatic hydroxyl groups excluding tert-OH is 1. The van der Waals surface area contributed by atoms with E-state index in [0.717, 1.165) is 6.42 Å². The molecule has 1 unspecified atom stereocenters. The molecule has 0 saturated heterocycles. The molecule has 0 saturated carbocycles. The Morgan fingerprint density at radius 3 is 2.82 bits per heavy atom. The van der Waals surface area contributed by atoms with Gasteiger partial charge in [0.05, 0.1) is 5.02 Å². The second-order valence-electron chi connectivity index (χ2n) is 5.03. The first-order valence-electron chi connectivity index (χ1n) is 7.21. The van der Waals surface area contributed by atoms with Crippen molar-refractivity contribution in [1.82, 2.24) is 10.5 Å². The van der Waals surface area contributed by atoms with E-state index in [0.29, 0.717) is 34.0 Å². The minimum absolute atomic E-state index is 0.0266. The van der Waals surface area contributed by atoms with Crippen molar-refractivity contribution in [3.63, 3.8) is 0 Å². The highest BCUT2D eigenvalue weighted by Gasteiger charge is 2.24. The van der Waals surface area contributed by atoms with Gasteiger partial charge in [-0.05, 0) is 25.8 Å². The number of carbonyl (C=O) groups excluding carboxylic acids is 1. The number of aromatic nitrogens is 1. The Morgan fingerprint density at radius 1 is 1.45 bits per heavy atom. The molecule has 0 radical (unpaired) electrons. The van der Waals surface area contributed by atoms with E-state index in [4.69, 9.17) is 21.2 Å². The van der Waals surface area contributed by atoms with Crippen molar-refractivity contribution >= 4 is 17.5 Å². The van der Waals surface area contributed by atoms with Gasteiger partial charge in [0.25, 0.3) is 5.91 Å². The zero-order valence-corrected chi connectivity index (χ0v) is 13.4. The third kappa shape index (κ3) is 3.48. The molecular formula is C16H19ClN2O3. The maximum atomic E-state index is 12.5. The lowest BCUT2D eigenvalue weighted by molar-refractivity contribution is 0.0928. The van der Waals surface area contributed by atoms with Gasteiger partial charge < -0.3 is 14.9 Å². The Hall–Kier alpha value is -1.85. The first-order chi connectivity index (χ1) is 10.6. The number of hydrogen-bond acceptors (Lipinski definition) is 4. The average Bonchev–Trinajstić information content (AvgIpc) is 2.88. The maximum absolute atomic E-state index is 12.5. The van der Waals surface area contributed by atoms with Gasteiger partial charge in [-0.1, -0.05) is 41.9 Å². The van der Waals surface area contributed by atoms with Gasteiger partial charge in [0.1, 0.15) is 17.0 Å². The fraction of sp³-hybridized carbons (Fsp3) is 0.375. The summed E-state index contributed by atoms with van der Waals surface area (Å²) in [5, 5.41) is 16.4. The van der Waals surface area contributed by atoms with Gasteiger partial charge in [0.2, 0.25) is 0 Å². The molecule has 0 spiro atoms. The summed E-state index contributed by atoms with van der Waals surface area (Å²) in [6.45, 7) is 3.67. The van der Waals surface area contributed by atoms with Crippen LogP contribution in [0.15, 0.2) is 28.8 Å². The number of hydrogen-bond donors (Lipinski definition) is 2. The predicted octanol–water partition coefficient (Wildman–Crippen LogP) is 3.19. The van der Waals surface area contributed by atoms with Gasteiger partial charge >= 0.3 is 0 Å². The quantitative estimate of drug-likeness (QED) is 0.856. The third-order valence-electron chi connectivity index (χ3n) is 3.52. The molecule has 5 nitrogen and oxygen atoms in total. The zero-order valence-electron chi connectivity index (χ0n) is 12.6. The largest absolute Gasteiger partial charge is 0.396 e. The van der Waals surface area contributed by atoms with Gasteiger partial charge in [-0.3, -0.25) is 4.79 Å². The van der Waals surface area contributed by atoms with Crippen molar-refractivity contribution in [3.8, 4) is 11.3 Å². The molecule has 2 rings (SSSR count). The lowest BCUT2D eigenvalue weighted by Crippen LogP contribution is -2.35. The van der Waals surface area contributed by atoms with Crippen molar-refractivity contribution in [3.05, 3.63) is 40.6 Å². The summed E-state index contributed by atoms with van der Waals surface area (Å²) in [5.74, 6) is 0.167. The number of nitrogens with zero attached hydrogens (tertiary/aromatic N) is 1. The minimum atomic E-state index is -0.269. The van der Waals surface area contributed by atoms with Crippen LogP contribution in [-0.2, 0) is 0 Å². The number of halogens is 1. The Kier molecular flexibility index (Phi) is 5.57. The number of benzene rings is 1. The molecule has 0 aliphatic rings. The number of amides is 1. The highest BCUT2D eigenvalue weighted by atomic mass is 35.5. The lowest BCUT2D eigenvalue weighted by atomic mass is 10.0. The summed E-state index contributed by atoms with van der Waals surface area (Å²) in [4.78, 5) is 12.5. The number of aliphatic hydroxyl groups is 1. The van der Waals surface area contributed by atoms with E-state index in [9.17, 15) is 4.79 Å². The molecule has 22 heavy (non-hydrogen) atoms. The van der Waals surface area contributed by atoms with Gasteiger partial charge in [-0.2, -0.15) is 0 Å². The molecule has 0 fully saturated rings. The molecule has 118 valence electrons. The van der Waals surface area contributed by atoms with Gasteiger partial charge in [-0.25, -0.2) is 0 Å². The smallest absolute Gasteiger partial charge is 0.257 e.